The molecular formula is C19H18N2O4. The van der Waals surface area contributed by atoms with Crippen molar-refractivity contribution in [1.82, 2.24) is 9.78 Å². The number of phenols is 1. The van der Waals surface area contributed by atoms with Gasteiger partial charge in [-0.25, -0.2) is 4.68 Å². The highest BCUT2D eigenvalue weighted by molar-refractivity contribution is 6.11. The smallest absolute Gasteiger partial charge is 0.277 e. The molecule has 25 heavy (non-hydrogen) atoms. The van der Waals surface area contributed by atoms with Gasteiger partial charge in [0.05, 0.1) is 24.1 Å². The van der Waals surface area contributed by atoms with Crippen LogP contribution in [-0.4, -0.2) is 35.2 Å². The molecule has 0 aliphatic heterocycles. The molecule has 2 N–H and O–H groups in total. The summed E-state index contributed by atoms with van der Waals surface area (Å²) >= 11 is 0. The van der Waals surface area contributed by atoms with Crippen LogP contribution in [0.1, 0.15) is 0 Å². The molecule has 3 aromatic carbocycles. The molecule has 0 aliphatic rings. The van der Waals surface area contributed by atoms with E-state index in [0.29, 0.717) is 18.6 Å². The minimum Gasteiger partial charge on any atom is -0.507 e. The first-order chi connectivity index (χ1) is 12.2. The molecule has 1 heterocycles. The summed E-state index contributed by atoms with van der Waals surface area (Å²) in [4.78, 5) is 12.8. The molecule has 0 fully saturated rings. The summed E-state index contributed by atoms with van der Waals surface area (Å²) in [7, 11) is 1.60. The normalized spacial score (nSPS) is 11.7. The van der Waals surface area contributed by atoms with Crippen LogP contribution in [0.2, 0.25) is 0 Å². The van der Waals surface area contributed by atoms with Gasteiger partial charge in [-0.2, -0.15) is 0 Å². The summed E-state index contributed by atoms with van der Waals surface area (Å²) < 4.78 is 11.8. The Kier molecular flexibility index (Phi) is 3.91. The Morgan fingerprint density at radius 3 is 2.72 bits per heavy atom. The molecule has 0 saturated carbocycles. The topological polar surface area (TPSA) is 76.5 Å². The summed E-state index contributed by atoms with van der Waals surface area (Å²) in [6.07, 6.45) is 0. The van der Waals surface area contributed by atoms with E-state index >= 15 is 0 Å². The maximum Gasteiger partial charge on any atom is 0.277 e. The number of hydrogen-bond acceptors (Lipinski definition) is 4. The van der Waals surface area contributed by atoms with E-state index in [-0.39, 0.29) is 18.0 Å². The van der Waals surface area contributed by atoms with Gasteiger partial charge in [-0.1, -0.05) is 18.2 Å². The van der Waals surface area contributed by atoms with Gasteiger partial charge in [0.15, 0.2) is 0 Å². The number of hydrogen-bond donors (Lipinski definition) is 2. The highest BCUT2D eigenvalue weighted by Gasteiger charge is 2.12. The van der Waals surface area contributed by atoms with E-state index < -0.39 is 0 Å². The third-order valence-corrected chi connectivity index (χ3v) is 4.36. The molecule has 6 heteroatoms. The van der Waals surface area contributed by atoms with Gasteiger partial charge < -0.3 is 14.6 Å². The van der Waals surface area contributed by atoms with Gasteiger partial charge in [0, 0.05) is 12.5 Å². The first-order valence-electron chi connectivity index (χ1n) is 8.02. The fourth-order valence-corrected chi connectivity index (χ4v) is 3.13. The molecule has 0 aliphatic carbocycles. The lowest BCUT2D eigenvalue weighted by atomic mass is 10.0. The zero-order chi connectivity index (χ0) is 17.4. The number of aromatic hydroxyl groups is 1. The van der Waals surface area contributed by atoms with Gasteiger partial charge in [-0.3, -0.25) is 9.89 Å². The monoisotopic (exact) mass is 338 g/mol. The van der Waals surface area contributed by atoms with Crippen molar-refractivity contribution in [3.8, 4) is 5.75 Å². The van der Waals surface area contributed by atoms with Crippen molar-refractivity contribution in [2.75, 3.05) is 20.3 Å². The van der Waals surface area contributed by atoms with E-state index in [2.05, 4.69) is 5.10 Å². The molecule has 0 unspecified atom stereocenters. The van der Waals surface area contributed by atoms with Crippen molar-refractivity contribution in [3.05, 3.63) is 52.8 Å². The van der Waals surface area contributed by atoms with Crippen molar-refractivity contribution in [2.24, 2.45) is 0 Å². The number of fused-ring (bicyclic) bond motifs is 4. The molecule has 0 bridgehead atoms. The number of phenolic OH excluding ortho intramolecular Hbond substituents is 1. The average Bonchev–Trinajstić information content (AvgIpc) is 2.94. The Labute approximate surface area is 143 Å². The van der Waals surface area contributed by atoms with Crippen LogP contribution >= 0.6 is 0 Å². The Morgan fingerprint density at radius 1 is 1.08 bits per heavy atom. The molecule has 6 nitrogen and oxygen atoms in total. The average molecular weight is 338 g/mol. The molecule has 1 aromatic heterocycles. The van der Waals surface area contributed by atoms with Crippen LogP contribution in [0.3, 0.4) is 0 Å². The zero-order valence-electron chi connectivity index (χ0n) is 13.8. The maximum absolute atomic E-state index is 12.8. The van der Waals surface area contributed by atoms with E-state index in [1.807, 2.05) is 30.3 Å². The second-order valence-corrected chi connectivity index (χ2v) is 5.93. The maximum atomic E-state index is 12.8. The number of nitrogens with zero attached hydrogens (tertiary/aromatic N) is 1. The minimum atomic E-state index is -0.127. The summed E-state index contributed by atoms with van der Waals surface area (Å²) in [6.45, 7) is 1.04. The van der Waals surface area contributed by atoms with E-state index in [4.69, 9.17) is 9.47 Å². The van der Waals surface area contributed by atoms with E-state index in [9.17, 15) is 9.90 Å². The summed E-state index contributed by atoms with van der Waals surface area (Å²) in [6, 6.07) is 13.0. The van der Waals surface area contributed by atoms with Gasteiger partial charge in [0.2, 0.25) is 0 Å². The molecule has 0 atom stereocenters. The fourth-order valence-electron chi connectivity index (χ4n) is 3.13. The van der Waals surface area contributed by atoms with E-state index in [0.717, 1.165) is 27.1 Å². The highest BCUT2D eigenvalue weighted by atomic mass is 16.5. The van der Waals surface area contributed by atoms with Gasteiger partial charge in [-0.15, -0.1) is 0 Å². The molecule has 0 amide bonds. The lowest BCUT2D eigenvalue weighted by Crippen LogP contribution is -2.19. The van der Waals surface area contributed by atoms with Crippen molar-refractivity contribution in [3.63, 3.8) is 0 Å². The zero-order valence-corrected chi connectivity index (χ0v) is 13.8. The Morgan fingerprint density at radius 2 is 1.88 bits per heavy atom. The lowest BCUT2D eigenvalue weighted by molar-refractivity contribution is 0.0278. The number of benzene rings is 3. The van der Waals surface area contributed by atoms with Crippen LogP contribution in [0.15, 0.2) is 47.3 Å². The van der Waals surface area contributed by atoms with Crippen molar-refractivity contribution in [2.45, 2.75) is 6.73 Å². The predicted molar refractivity (Wildman–Crippen MR) is 97.1 cm³/mol. The second-order valence-electron chi connectivity index (χ2n) is 5.93. The van der Waals surface area contributed by atoms with Gasteiger partial charge in [-0.05, 0) is 40.4 Å². The highest BCUT2D eigenvalue weighted by Crippen LogP contribution is 2.31. The molecule has 0 spiro atoms. The van der Waals surface area contributed by atoms with Crippen LogP contribution in [0, 0.1) is 0 Å². The first-order valence-corrected chi connectivity index (χ1v) is 8.02. The van der Waals surface area contributed by atoms with Crippen molar-refractivity contribution in [1.29, 1.82) is 0 Å². The number of nitrogens with one attached hydrogen (secondary N) is 1. The summed E-state index contributed by atoms with van der Waals surface area (Å²) in [5.74, 6) is 0.234. The standard InChI is InChI=1S/C19H18N2O4/c1-24-7-8-25-11-21-19(23)18-15-10-12-3-2-4-17(22)14(12)9-13(15)5-6-16(18)20-21/h2-6,9-10,20,22H,7-8,11H2,1H3. The molecule has 4 rings (SSSR count). The van der Waals surface area contributed by atoms with Crippen LogP contribution in [0.4, 0.5) is 0 Å². The summed E-state index contributed by atoms with van der Waals surface area (Å²) in [5.41, 5.74) is 0.630. The number of rotatable bonds is 5. The van der Waals surface area contributed by atoms with Gasteiger partial charge >= 0.3 is 0 Å². The minimum absolute atomic E-state index is 0.127. The van der Waals surface area contributed by atoms with Gasteiger partial charge in [0.1, 0.15) is 12.5 Å². The van der Waals surface area contributed by atoms with Crippen LogP contribution in [0.5, 0.6) is 5.75 Å². The predicted octanol–water partition coefficient (Wildman–Crippen LogP) is 2.96. The third kappa shape index (κ3) is 2.65. The van der Waals surface area contributed by atoms with Crippen LogP contribution in [-0.2, 0) is 16.2 Å². The number of ether oxygens (including phenoxy) is 2. The number of aromatic nitrogens is 2. The fraction of sp³-hybridized carbons (Fsp3) is 0.211. The van der Waals surface area contributed by atoms with Crippen LogP contribution < -0.4 is 5.56 Å². The Balaban J connectivity index is 1.87. The summed E-state index contributed by atoms with van der Waals surface area (Å²) in [5, 5.41) is 17.2. The quantitative estimate of drug-likeness (QED) is 0.433. The number of methoxy groups -OCH3 is 1. The Bertz CT molecular complexity index is 1130. The first kappa shape index (κ1) is 15.7. The van der Waals surface area contributed by atoms with E-state index in [1.54, 1.807) is 19.2 Å². The molecule has 0 radical (unpaired) electrons. The SMILES string of the molecule is COCCOCn1[nH]c2ccc3cc4c(O)cccc4cc3c2c1=O. The van der Waals surface area contributed by atoms with Crippen LogP contribution in [0.25, 0.3) is 32.4 Å². The largest absolute Gasteiger partial charge is 0.507 e. The molecule has 128 valence electrons. The van der Waals surface area contributed by atoms with E-state index in [1.165, 1.54) is 4.68 Å². The molecule has 4 aromatic rings. The Hall–Kier alpha value is -2.83. The molecule has 0 saturated heterocycles. The van der Waals surface area contributed by atoms with Crippen molar-refractivity contribution < 1.29 is 14.6 Å². The second kappa shape index (κ2) is 6.23. The third-order valence-electron chi connectivity index (χ3n) is 4.36. The van der Waals surface area contributed by atoms with Crippen molar-refractivity contribution >= 4 is 32.4 Å². The van der Waals surface area contributed by atoms with Gasteiger partial charge in [0.25, 0.3) is 5.56 Å². The number of aromatic amines is 1. The molecular weight excluding hydrogens is 320 g/mol. The number of H-pyrrole nitrogens is 1. The lowest BCUT2D eigenvalue weighted by Gasteiger charge is -2.04.